The molecular weight excluding hydrogens is 382 g/mol. The zero-order chi connectivity index (χ0) is 21.1. The van der Waals surface area contributed by atoms with Crippen LogP contribution in [0.4, 0.5) is 0 Å². The summed E-state index contributed by atoms with van der Waals surface area (Å²) in [5.41, 5.74) is 5.82. The van der Waals surface area contributed by atoms with Gasteiger partial charge in [0, 0.05) is 43.7 Å². The Kier molecular flexibility index (Phi) is 5.50. The Balaban J connectivity index is 1.51. The van der Waals surface area contributed by atoms with Crippen molar-refractivity contribution in [2.45, 2.75) is 12.8 Å². The van der Waals surface area contributed by atoms with Crippen LogP contribution >= 0.6 is 0 Å². The number of aryl methyl sites for hydroxylation is 1. The zero-order valence-electron chi connectivity index (χ0n) is 16.8. The van der Waals surface area contributed by atoms with E-state index in [0.29, 0.717) is 29.4 Å². The summed E-state index contributed by atoms with van der Waals surface area (Å²) in [4.78, 5) is 11.4. The quantitative estimate of drug-likeness (QED) is 0.629. The first kappa shape index (κ1) is 19.7. The molecule has 1 fully saturated rings. The third-order valence-electron chi connectivity index (χ3n) is 5.28. The highest BCUT2D eigenvalue weighted by molar-refractivity contribution is 5.86. The Morgan fingerprint density at radius 2 is 2.13 bits per heavy atom. The molecule has 0 unspecified atom stereocenters. The number of aromatic nitrogens is 4. The van der Waals surface area contributed by atoms with Crippen LogP contribution in [0.5, 0.6) is 5.75 Å². The minimum Gasteiger partial charge on any atom is -0.491 e. The topological polar surface area (TPSA) is 100 Å². The summed E-state index contributed by atoms with van der Waals surface area (Å²) < 4.78 is 9.63. The minimum absolute atomic E-state index is 0.191. The fraction of sp³-hybridized carbons (Fsp3) is 0.333. The summed E-state index contributed by atoms with van der Waals surface area (Å²) in [7, 11) is 1.87. The van der Waals surface area contributed by atoms with E-state index in [9.17, 15) is 10.1 Å². The van der Waals surface area contributed by atoms with E-state index in [-0.39, 0.29) is 5.91 Å². The van der Waals surface area contributed by atoms with Crippen LogP contribution in [0.25, 0.3) is 16.6 Å². The van der Waals surface area contributed by atoms with Gasteiger partial charge in [-0.05, 0) is 30.9 Å². The zero-order valence-corrected chi connectivity index (χ0v) is 16.8. The molecule has 30 heavy (non-hydrogen) atoms. The summed E-state index contributed by atoms with van der Waals surface area (Å²) in [6.07, 6.45) is 10.2. The van der Waals surface area contributed by atoms with E-state index in [0.717, 1.165) is 37.1 Å². The number of pyridine rings is 1. The number of hydrazine groups is 1. The summed E-state index contributed by atoms with van der Waals surface area (Å²) in [5.74, 6) is 0.800. The highest BCUT2D eigenvalue weighted by atomic mass is 16.5. The second-order valence-corrected chi connectivity index (χ2v) is 7.38. The molecule has 4 heterocycles. The van der Waals surface area contributed by atoms with Crippen LogP contribution in [-0.2, 0) is 11.8 Å². The van der Waals surface area contributed by atoms with Gasteiger partial charge in [0.05, 0.1) is 19.0 Å². The highest BCUT2D eigenvalue weighted by Gasteiger charge is 2.22. The highest BCUT2D eigenvalue weighted by Crippen LogP contribution is 2.30. The van der Waals surface area contributed by atoms with Crippen LogP contribution in [0.1, 0.15) is 18.4 Å². The van der Waals surface area contributed by atoms with Crippen LogP contribution in [-0.4, -0.2) is 50.0 Å². The average Bonchev–Trinajstić information content (AvgIpc) is 3.38. The van der Waals surface area contributed by atoms with Crippen LogP contribution in [0.15, 0.2) is 43.5 Å². The van der Waals surface area contributed by atoms with Crippen LogP contribution in [0, 0.1) is 17.2 Å². The molecule has 1 N–H and O–H groups in total. The predicted octanol–water partition coefficient (Wildman–Crippen LogP) is 1.91. The van der Waals surface area contributed by atoms with Gasteiger partial charge in [0.25, 0.3) is 5.91 Å². The SMILES string of the molecule is C=CC(=O)NN1CCC(COc2cc(-c3cnn(C)c3)cn3ncc(C#N)c23)CC1. The lowest BCUT2D eigenvalue weighted by Crippen LogP contribution is -2.46. The van der Waals surface area contributed by atoms with Gasteiger partial charge >= 0.3 is 0 Å². The van der Waals surface area contributed by atoms with Crippen molar-refractivity contribution in [1.82, 2.24) is 29.8 Å². The number of nitriles is 1. The number of carbonyl (C=O) groups excluding carboxylic acids is 1. The van der Waals surface area contributed by atoms with Crippen LogP contribution in [0.3, 0.4) is 0 Å². The number of amides is 1. The largest absolute Gasteiger partial charge is 0.491 e. The maximum absolute atomic E-state index is 11.4. The second kappa shape index (κ2) is 8.39. The van der Waals surface area contributed by atoms with Gasteiger partial charge in [0.2, 0.25) is 0 Å². The van der Waals surface area contributed by atoms with E-state index in [1.54, 1.807) is 21.6 Å². The van der Waals surface area contributed by atoms with Crippen molar-refractivity contribution in [3.63, 3.8) is 0 Å². The van der Waals surface area contributed by atoms with Crippen LogP contribution < -0.4 is 10.2 Å². The van der Waals surface area contributed by atoms with Crippen molar-refractivity contribution in [2.24, 2.45) is 13.0 Å². The normalized spacial score (nSPS) is 15.1. The van der Waals surface area contributed by atoms with Gasteiger partial charge in [-0.15, -0.1) is 0 Å². The molecule has 0 saturated carbocycles. The van der Waals surface area contributed by atoms with Gasteiger partial charge in [-0.1, -0.05) is 6.58 Å². The first-order valence-corrected chi connectivity index (χ1v) is 9.78. The molecule has 9 nitrogen and oxygen atoms in total. The molecular formula is C21H23N7O2. The third kappa shape index (κ3) is 4.04. The second-order valence-electron chi connectivity index (χ2n) is 7.38. The molecule has 1 aliphatic heterocycles. The minimum atomic E-state index is -0.191. The van der Waals surface area contributed by atoms with Crippen molar-refractivity contribution >= 4 is 11.4 Å². The van der Waals surface area contributed by atoms with Gasteiger partial charge in [-0.25, -0.2) is 9.52 Å². The maximum Gasteiger partial charge on any atom is 0.257 e. The molecule has 0 atom stereocenters. The molecule has 9 heteroatoms. The molecule has 0 bridgehead atoms. The third-order valence-corrected chi connectivity index (χ3v) is 5.28. The Labute approximate surface area is 174 Å². The van der Waals surface area contributed by atoms with Crippen molar-refractivity contribution in [3.8, 4) is 22.9 Å². The van der Waals surface area contributed by atoms with Gasteiger partial charge in [0.1, 0.15) is 22.9 Å². The number of fused-ring (bicyclic) bond motifs is 1. The number of nitrogens with one attached hydrogen (secondary N) is 1. The summed E-state index contributed by atoms with van der Waals surface area (Å²) in [6, 6.07) is 4.13. The lowest BCUT2D eigenvalue weighted by Gasteiger charge is -2.31. The molecule has 0 aliphatic carbocycles. The van der Waals surface area contributed by atoms with E-state index in [2.05, 4.69) is 28.3 Å². The molecule has 154 valence electrons. The van der Waals surface area contributed by atoms with Gasteiger partial charge in [0.15, 0.2) is 0 Å². The van der Waals surface area contributed by atoms with E-state index in [1.807, 2.05) is 30.5 Å². The summed E-state index contributed by atoms with van der Waals surface area (Å²) >= 11 is 0. The molecule has 3 aromatic rings. The summed E-state index contributed by atoms with van der Waals surface area (Å²) in [5, 5.41) is 19.9. The Hall–Kier alpha value is -3.64. The van der Waals surface area contributed by atoms with Gasteiger partial charge in [-0.2, -0.15) is 15.5 Å². The maximum atomic E-state index is 11.4. The Morgan fingerprint density at radius 3 is 2.80 bits per heavy atom. The smallest absolute Gasteiger partial charge is 0.257 e. The molecule has 0 spiro atoms. The van der Waals surface area contributed by atoms with Crippen molar-refractivity contribution in [3.05, 3.63) is 49.1 Å². The molecule has 1 aliphatic rings. The van der Waals surface area contributed by atoms with Crippen molar-refractivity contribution in [2.75, 3.05) is 19.7 Å². The molecule has 1 amide bonds. The van der Waals surface area contributed by atoms with Crippen molar-refractivity contribution < 1.29 is 9.53 Å². The number of hydrogen-bond acceptors (Lipinski definition) is 6. The number of piperidine rings is 1. The molecule has 0 aromatic carbocycles. The number of ether oxygens (including phenoxy) is 1. The first-order chi connectivity index (χ1) is 14.6. The van der Waals surface area contributed by atoms with Gasteiger partial charge in [-0.3, -0.25) is 14.9 Å². The molecule has 4 rings (SSSR count). The lowest BCUT2D eigenvalue weighted by atomic mass is 9.99. The fourth-order valence-corrected chi connectivity index (χ4v) is 3.62. The van der Waals surface area contributed by atoms with E-state index in [1.165, 1.54) is 6.08 Å². The molecule has 3 aromatic heterocycles. The number of carbonyl (C=O) groups is 1. The van der Waals surface area contributed by atoms with Crippen molar-refractivity contribution in [1.29, 1.82) is 5.26 Å². The number of nitrogens with zero attached hydrogens (tertiary/aromatic N) is 6. The standard InChI is InChI=1S/C21H23N7O2/c1-3-20(29)25-27-6-4-15(5-7-27)14-30-19-8-16(18-11-23-26(2)12-18)13-28-21(19)17(9-22)10-24-28/h3,8,10-13,15H,1,4-7,14H2,2H3,(H,25,29). The Bertz CT molecular complexity index is 1120. The van der Waals surface area contributed by atoms with Crippen LogP contribution in [0.2, 0.25) is 0 Å². The monoisotopic (exact) mass is 405 g/mol. The average molecular weight is 405 g/mol. The lowest BCUT2D eigenvalue weighted by molar-refractivity contribution is -0.121. The molecule has 1 saturated heterocycles. The van der Waals surface area contributed by atoms with E-state index < -0.39 is 0 Å². The molecule has 0 radical (unpaired) electrons. The predicted molar refractivity (Wildman–Crippen MR) is 110 cm³/mol. The van der Waals surface area contributed by atoms with E-state index >= 15 is 0 Å². The first-order valence-electron chi connectivity index (χ1n) is 9.78. The number of hydrogen-bond donors (Lipinski definition) is 1. The van der Waals surface area contributed by atoms with Gasteiger partial charge < -0.3 is 4.74 Å². The Morgan fingerprint density at radius 1 is 1.33 bits per heavy atom. The van der Waals surface area contributed by atoms with E-state index in [4.69, 9.17) is 4.74 Å². The number of rotatable bonds is 6. The summed E-state index contributed by atoms with van der Waals surface area (Å²) in [6.45, 7) is 5.53. The fourth-order valence-electron chi connectivity index (χ4n) is 3.62.